The lowest BCUT2D eigenvalue weighted by Gasteiger charge is -2.19. The van der Waals surface area contributed by atoms with Crippen LogP contribution in [0, 0.1) is 0 Å². The highest BCUT2D eigenvalue weighted by Gasteiger charge is 2.14. The second-order valence-corrected chi connectivity index (χ2v) is 4.86. The molecule has 0 radical (unpaired) electrons. The zero-order valence-corrected chi connectivity index (χ0v) is 12.1. The van der Waals surface area contributed by atoms with Crippen molar-refractivity contribution in [2.24, 2.45) is 0 Å². The van der Waals surface area contributed by atoms with Gasteiger partial charge in [0.1, 0.15) is 0 Å². The number of para-hydroxylation sites is 1. The molecule has 1 aromatic carbocycles. The van der Waals surface area contributed by atoms with Crippen LogP contribution in [0.15, 0.2) is 24.3 Å². The standard InChI is InChI=1S/C14H21N3O3/c1-16(2)9-6-10-17(3)14(20)15-12-8-5-4-7-11(12)13(18)19/h4-5,7-8H,6,9-10H2,1-3H3,(H,15,20)(H,18,19). The van der Waals surface area contributed by atoms with Crippen molar-refractivity contribution in [2.75, 3.05) is 39.5 Å². The molecule has 0 unspecified atom stereocenters. The van der Waals surface area contributed by atoms with Crippen molar-refractivity contribution in [3.63, 3.8) is 0 Å². The Labute approximate surface area is 119 Å². The molecule has 0 aliphatic rings. The lowest BCUT2D eigenvalue weighted by atomic mass is 10.2. The molecular formula is C14H21N3O3. The van der Waals surface area contributed by atoms with Crippen LogP contribution in [0.3, 0.4) is 0 Å². The van der Waals surface area contributed by atoms with E-state index in [9.17, 15) is 9.59 Å². The minimum Gasteiger partial charge on any atom is -0.478 e. The summed E-state index contributed by atoms with van der Waals surface area (Å²) in [5.74, 6) is -1.06. The average molecular weight is 279 g/mol. The summed E-state index contributed by atoms with van der Waals surface area (Å²) in [6, 6.07) is 6.05. The third kappa shape index (κ3) is 4.89. The number of benzene rings is 1. The van der Waals surface area contributed by atoms with Crippen LogP contribution in [0.1, 0.15) is 16.8 Å². The van der Waals surface area contributed by atoms with Crippen molar-refractivity contribution in [1.29, 1.82) is 0 Å². The fourth-order valence-corrected chi connectivity index (χ4v) is 1.71. The number of carboxylic acids is 1. The zero-order chi connectivity index (χ0) is 15.1. The van der Waals surface area contributed by atoms with E-state index in [-0.39, 0.29) is 11.6 Å². The molecule has 0 aromatic heterocycles. The smallest absolute Gasteiger partial charge is 0.337 e. The van der Waals surface area contributed by atoms with Crippen LogP contribution < -0.4 is 5.32 Å². The molecule has 2 N–H and O–H groups in total. The summed E-state index contributed by atoms with van der Waals surface area (Å²) in [5.41, 5.74) is 0.395. The average Bonchev–Trinajstić information content (AvgIpc) is 2.38. The van der Waals surface area contributed by atoms with Gasteiger partial charge in [-0.3, -0.25) is 0 Å². The molecular weight excluding hydrogens is 258 g/mol. The minimum atomic E-state index is -1.06. The Morgan fingerprint density at radius 3 is 2.40 bits per heavy atom. The maximum Gasteiger partial charge on any atom is 0.337 e. The van der Waals surface area contributed by atoms with E-state index in [0.29, 0.717) is 12.2 Å². The third-order valence-corrected chi connectivity index (χ3v) is 2.84. The first-order valence-electron chi connectivity index (χ1n) is 6.41. The number of carbonyl (C=O) groups is 2. The molecule has 0 atom stereocenters. The van der Waals surface area contributed by atoms with E-state index in [1.54, 1.807) is 30.1 Å². The molecule has 6 heteroatoms. The first-order chi connectivity index (χ1) is 9.41. The molecule has 6 nitrogen and oxygen atoms in total. The van der Waals surface area contributed by atoms with Gasteiger partial charge in [0, 0.05) is 13.6 Å². The first kappa shape index (κ1) is 16.0. The predicted octanol–water partition coefficient (Wildman–Crippen LogP) is 1.80. The number of hydrogen-bond acceptors (Lipinski definition) is 3. The molecule has 1 rings (SSSR count). The normalized spacial score (nSPS) is 10.4. The number of nitrogens with one attached hydrogen (secondary N) is 1. The predicted molar refractivity (Wildman–Crippen MR) is 78.2 cm³/mol. The van der Waals surface area contributed by atoms with E-state index in [2.05, 4.69) is 5.32 Å². The van der Waals surface area contributed by atoms with Crippen molar-refractivity contribution in [2.45, 2.75) is 6.42 Å². The van der Waals surface area contributed by atoms with Crippen molar-refractivity contribution < 1.29 is 14.7 Å². The van der Waals surface area contributed by atoms with E-state index in [4.69, 9.17) is 5.11 Å². The second-order valence-electron chi connectivity index (χ2n) is 4.86. The Balaban J connectivity index is 2.59. The van der Waals surface area contributed by atoms with E-state index < -0.39 is 5.97 Å². The molecule has 0 bridgehead atoms. The zero-order valence-electron chi connectivity index (χ0n) is 12.1. The molecule has 0 heterocycles. The first-order valence-corrected chi connectivity index (χ1v) is 6.41. The van der Waals surface area contributed by atoms with Crippen molar-refractivity contribution >= 4 is 17.7 Å². The minimum absolute atomic E-state index is 0.0857. The Kier molecular flexibility index (Phi) is 5.99. The molecule has 0 aliphatic heterocycles. The second kappa shape index (κ2) is 7.49. The van der Waals surface area contributed by atoms with E-state index in [0.717, 1.165) is 13.0 Å². The third-order valence-electron chi connectivity index (χ3n) is 2.84. The van der Waals surface area contributed by atoms with Gasteiger partial charge in [-0.1, -0.05) is 12.1 Å². The van der Waals surface area contributed by atoms with Gasteiger partial charge in [0.2, 0.25) is 0 Å². The number of aromatic carboxylic acids is 1. The van der Waals surface area contributed by atoms with Crippen molar-refractivity contribution in [3.8, 4) is 0 Å². The largest absolute Gasteiger partial charge is 0.478 e. The number of amides is 2. The highest BCUT2D eigenvalue weighted by molar-refractivity contribution is 5.99. The molecule has 0 saturated carbocycles. The number of hydrogen-bond donors (Lipinski definition) is 2. The quantitative estimate of drug-likeness (QED) is 0.833. The van der Waals surface area contributed by atoms with Gasteiger partial charge < -0.3 is 20.2 Å². The summed E-state index contributed by atoms with van der Waals surface area (Å²) >= 11 is 0. The number of rotatable bonds is 6. The summed E-state index contributed by atoms with van der Waals surface area (Å²) < 4.78 is 0. The molecule has 0 spiro atoms. The van der Waals surface area contributed by atoms with Crippen molar-refractivity contribution in [1.82, 2.24) is 9.80 Å². The van der Waals surface area contributed by atoms with Gasteiger partial charge in [0.05, 0.1) is 11.3 Å². The van der Waals surface area contributed by atoms with E-state index >= 15 is 0 Å². The highest BCUT2D eigenvalue weighted by Crippen LogP contribution is 2.15. The fourth-order valence-electron chi connectivity index (χ4n) is 1.71. The van der Waals surface area contributed by atoms with Crippen LogP contribution in [0.2, 0.25) is 0 Å². The molecule has 110 valence electrons. The highest BCUT2D eigenvalue weighted by atomic mass is 16.4. The monoisotopic (exact) mass is 279 g/mol. The van der Waals surface area contributed by atoms with Crippen LogP contribution in [-0.4, -0.2) is 61.1 Å². The molecule has 0 fully saturated rings. The summed E-state index contributed by atoms with van der Waals surface area (Å²) in [6.45, 7) is 1.50. The van der Waals surface area contributed by atoms with Crippen LogP contribution in [0.5, 0.6) is 0 Å². The van der Waals surface area contributed by atoms with Crippen LogP contribution in [0.4, 0.5) is 10.5 Å². The number of carboxylic acid groups (broad SMARTS) is 1. The molecule has 2 amide bonds. The maximum absolute atomic E-state index is 12.0. The molecule has 0 aliphatic carbocycles. The van der Waals surface area contributed by atoms with Crippen LogP contribution in [0.25, 0.3) is 0 Å². The SMILES string of the molecule is CN(C)CCCN(C)C(=O)Nc1ccccc1C(=O)O. The summed E-state index contributed by atoms with van der Waals surface area (Å²) in [5, 5.41) is 11.7. The van der Waals surface area contributed by atoms with E-state index in [1.807, 2.05) is 19.0 Å². The Hall–Kier alpha value is -2.08. The maximum atomic E-state index is 12.0. The van der Waals surface area contributed by atoms with Gasteiger partial charge >= 0.3 is 12.0 Å². The Morgan fingerprint density at radius 1 is 1.15 bits per heavy atom. The molecule has 1 aromatic rings. The number of nitrogens with zero attached hydrogens (tertiary/aromatic N) is 2. The van der Waals surface area contributed by atoms with Gasteiger partial charge in [-0.25, -0.2) is 9.59 Å². The Morgan fingerprint density at radius 2 is 1.80 bits per heavy atom. The summed E-state index contributed by atoms with van der Waals surface area (Å²) in [6.07, 6.45) is 0.859. The van der Waals surface area contributed by atoms with Crippen LogP contribution in [-0.2, 0) is 0 Å². The van der Waals surface area contributed by atoms with Crippen molar-refractivity contribution in [3.05, 3.63) is 29.8 Å². The summed E-state index contributed by atoms with van der Waals surface area (Å²) in [4.78, 5) is 26.6. The number of urea groups is 1. The lowest BCUT2D eigenvalue weighted by molar-refractivity contribution is 0.0698. The topological polar surface area (TPSA) is 72.9 Å². The molecule has 0 saturated heterocycles. The Bertz CT molecular complexity index is 474. The van der Waals surface area contributed by atoms with Gasteiger partial charge in [0.25, 0.3) is 0 Å². The number of carbonyl (C=O) groups excluding carboxylic acids is 1. The van der Waals surface area contributed by atoms with Gasteiger partial charge in [0.15, 0.2) is 0 Å². The van der Waals surface area contributed by atoms with Crippen LogP contribution >= 0.6 is 0 Å². The van der Waals surface area contributed by atoms with Gasteiger partial charge in [-0.15, -0.1) is 0 Å². The lowest BCUT2D eigenvalue weighted by Crippen LogP contribution is -2.33. The van der Waals surface area contributed by atoms with E-state index in [1.165, 1.54) is 6.07 Å². The van der Waals surface area contributed by atoms with Gasteiger partial charge in [-0.2, -0.15) is 0 Å². The molecule has 20 heavy (non-hydrogen) atoms. The fraction of sp³-hybridized carbons (Fsp3) is 0.429. The van der Waals surface area contributed by atoms with Gasteiger partial charge in [-0.05, 0) is 39.2 Å². The summed E-state index contributed by atoms with van der Waals surface area (Å²) in [7, 11) is 5.64. The number of anilines is 1.